The minimum Gasteiger partial charge on any atom is -0.480 e. The lowest BCUT2D eigenvalue weighted by molar-refractivity contribution is -0.144. The number of carboxylic acids is 1. The lowest BCUT2D eigenvalue weighted by Gasteiger charge is -2.39. The zero-order valence-electron chi connectivity index (χ0n) is 10.9. The van der Waals surface area contributed by atoms with Crippen molar-refractivity contribution in [3.05, 3.63) is 0 Å². The van der Waals surface area contributed by atoms with Crippen molar-refractivity contribution in [2.75, 3.05) is 6.54 Å². The summed E-state index contributed by atoms with van der Waals surface area (Å²) in [6.07, 6.45) is 9.29. The molecule has 0 spiro atoms. The summed E-state index contributed by atoms with van der Waals surface area (Å²) < 4.78 is 0. The summed E-state index contributed by atoms with van der Waals surface area (Å²) in [6, 6.07) is 0.311. The Bertz CT molecular complexity index is 267. The van der Waals surface area contributed by atoms with Crippen molar-refractivity contribution in [3.8, 4) is 0 Å². The number of carbonyl (C=O) groups is 1. The Hall–Kier alpha value is -0.570. The summed E-state index contributed by atoms with van der Waals surface area (Å²) in [6.45, 7) is 3.30. The molecule has 0 aromatic heterocycles. The van der Waals surface area contributed by atoms with Crippen molar-refractivity contribution < 1.29 is 9.90 Å². The minimum absolute atomic E-state index is 0.215. The molecule has 3 unspecified atom stereocenters. The Morgan fingerprint density at radius 3 is 2.65 bits per heavy atom. The molecule has 0 amide bonds. The Kier molecular flexibility index (Phi) is 4.43. The summed E-state index contributed by atoms with van der Waals surface area (Å²) in [5, 5.41) is 9.39. The lowest BCUT2D eigenvalue weighted by atomic mass is 9.85. The SMILES string of the molecule is CC1CCCC(N2CCCCCC2C(=O)O)C1. The van der Waals surface area contributed by atoms with E-state index >= 15 is 0 Å². The molecule has 0 radical (unpaired) electrons. The van der Waals surface area contributed by atoms with Crippen LogP contribution in [0.1, 0.15) is 58.3 Å². The number of hydrogen-bond donors (Lipinski definition) is 1. The smallest absolute Gasteiger partial charge is 0.320 e. The summed E-state index contributed by atoms with van der Waals surface area (Å²) in [5.41, 5.74) is 0. The molecule has 1 N–H and O–H groups in total. The Morgan fingerprint density at radius 1 is 1.12 bits per heavy atom. The quantitative estimate of drug-likeness (QED) is 0.805. The Morgan fingerprint density at radius 2 is 1.94 bits per heavy atom. The highest BCUT2D eigenvalue weighted by Gasteiger charge is 2.34. The number of likely N-dealkylation sites (tertiary alicyclic amines) is 1. The van der Waals surface area contributed by atoms with Gasteiger partial charge >= 0.3 is 5.97 Å². The predicted molar refractivity (Wildman–Crippen MR) is 68.0 cm³/mol. The fourth-order valence-corrected chi connectivity index (χ4v) is 3.54. The molecule has 1 aliphatic carbocycles. The van der Waals surface area contributed by atoms with Crippen molar-refractivity contribution in [2.24, 2.45) is 5.92 Å². The molecule has 2 rings (SSSR count). The van der Waals surface area contributed by atoms with Gasteiger partial charge in [0.25, 0.3) is 0 Å². The van der Waals surface area contributed by atoms with E-state index in [1.165, 1.54) is 38.5 Å². The monoisotopic (exact) mass is 239 g/mol. The second-order valence-electron chi connectivity index (χ2n) is 5.87. The molecular weight excluding hydrogens is 214 g/mol. The molecule has 1 heterocycles. The van der Waals surface area contributed by atoms with E-state index in [1.54, 1.807) is 0 Å². The summed E-state index contributed by atoms with van der Waals surface area (Å²) in [7, 11) is 0. The summed E-state index contributed by atoms with van der Waals surface area (Å²) in [5.74, 6) is 0.163. The van der Waals surface area contributed by atoms with Gasteiger partial charge in [0.2, 0.25) is 0 Å². The van der Waals surface area contributed by atoms with E-state index in [1.807, 2.05) is 0 Å². The van der Waals surface area contributed by atoms with Gasteiger partial charge in [-0.2, -0.15) is 0 Å². The zero-order valence-corrected chi connectivity index (χ0v) is 10.9. The van der Waals surface area contributed by atoms with Crippen LogP contribution in [0.25, 0.3) is 0 Å². The molecule has 1 saturated heterocycles. The predicted octanol–water partition coefficient (Wildman–Crippen LogP) is 2.89. The molecule has 0 bridgehead atoms. The second kappa shape index (κ2) is 5.85. The van der Waals surface area contributed by atoms with Gasteiger partial charge in [-0.25, -0.2) is 0 Å². The van der Waals surface area contributed by atoms with Gasteiger partial charge in [0.15, 0.2) is 0 Å². The van der Waals surface area contributed by atoms with Crippen LogP contribution in [-0.4, -0.2) is 34.6 Å². The zero-order chi connectivity index (χ0) is 12.3. The minimum atomic E-state index is -0.606. The molecule has 3 nitrogen and oxygen atoms in total. The first-order chi connectivity index (χ1) is 8.18. The molecule has 17 heavy (non-hydrogen) atoms. The van der Waals surface area contributed by atoms with Crippen LogP contribution in [0.3, 0.4) is 0 Å². The van der Waals surface area contributed by atoms with Crippen LogP contribution in [0.5, 0.6) is 0 Å². The first-order valence-corrected chi connectivity index (χ1v) is 7.17. The number of nitrogens with zero attached hydrogens (tertiary/aromatic N) is 1. The third-order valence-corrected chi connectivity index (χ3v) is 4.46. The number of carboxylic acid groups (broad SMARTS) is 1. The molecule has 1 aliphatic heterocycles. The molecule has 3 heteroatoms. The highest BCUT2D eigenvalue weighted by atomic mass is 16.4. The molecule has 0 aromatic rings. The highest BCUT2D eigenvalue weighted by Crippen LogP contribution is 2.31. The van der Waals surface area contributed by atoms with E-state index in [9.17, 15) is 9.90 Å². The number of rotatable bonds is 2. The molecule has 3 atom stereocenters. The summed E-state index contributed by atoms with van der Waals surface area (Å²) in [4.78, 5) is 13.7. The van der Waals surface area contributed by atoms with Gasteiger partial charge in [-0.15, -0.1) is 0 Å². The van der Waals surface area contributed by atoms with Crippen LogP contribution in [0.2, 0.25) is 0 Å². The molecular formula is C14H25NO2. The maximum Gasteiger partial charge on any atom is 0.320 e. The maximum atomic E-state index is 11.4. The standard InChI is InChI=1S/C14H25NO2/c1-11-6-5-7-12(10-11)15-9-4-2-3-8-13(15)14(16)17/h11-13H,2-10H2,1H3,(H,16,17). The van der Waals surface area contributed by atoms with E-state index in [0.29, 0.717) is 6.04 Å². The third kappa shape index (κ3) is 3.21. The van der Waals surface area contributed by atoms with Gasteiger partial charge in [0, 0.05) is 6.04 Å². The van der Waals surface area contributed by atoms with Gasteiger partial charge in [-0.05, 0) is 38.1 Å². The molecule has 2 aliphatic rings. The van der Waals surface area contributed by atoms with E-state index in [2.05, 4.69) is 11.8 Å². The molecule has 2 fully saturated rings. The average molecular weight is 239 g/mol. The summed E-state index contributed by atoms with van der Waals surface area (Å²) >= 11 is 0. The lowest BCUT2D eigenvalue weighted by Crippen LogP contribution is -2.48. The average Bonchev–Trinajstić information content (AvgIpc) is 2.54. The Balaban J connectivity index is 2.05. The fraction of sp³-hybridized carbons (Fsp3) is 0.929. The number of aliphatic carboxylic acids is 1. The largest absolute Gasteiger partial charge is 0.480 e. The van der Waals surface area contributed by atoms with Crippen molar-refractivity contribution in [1.29, 1.82) is 0 Å². The fourth-order valence-electron chi connectivity index (χ4n) is 3.54. The Labute approximate surface area is 104 Å². The van der Waals surface area contributed by atoms with Gasteiger partial charge in [0.1, 0.15) is 6.04 Å². The van der Waals surface area contributed by atoms with Crippen molar-refractivity contribution in [3.63, 3.8) is 0 Å². The molecule has 1 saturated carbocycles. The first-order valence-electron chi connectivity index (χ1n) is 7.17. The third-order valence-electron chi connectivity index (χ3n) is 4.46. The van der Waals surface area contributed by atoms with Gasteiger partial charge in [-0.3, -0.25) is 9.69 Å². The highest BCUT2D eigenvalue weighted by molar-refractivity contribution is 5.73. The van der Waals surface area contributed by atoms with E-state index in [0.717, 1.165) is 25.3 Å². The van der Waals surface area contributed by atoms with Crippen LogP contribution in [0.15, 0.2) is 0 Å². The first kappa shape index (κ1) is 12.9. The van der Waals surface area contributed by atoms with Crippen LogP contribution in [0.4, 0.5) is 0 Å². The van der Waals surface area contributed by atoms with Gasteiger partial charge in [-0.1, -0.05) is 32.6 Å². The van der Waals surface area contributed by atoms with Gasteiger partial charge < -0.3 is 5.11 Å². The van der Waals surface area contributed by atoms with E-state index in [4.69, 9.17) is 0 Å². The van der Waals surface area contributed by atoms with Crippen LogP contribution in [0, 0.1) is 5.92 Å². The van der Waals surface area contributed by atoms with E-state index in [-0.39, 0.29) is 6.04 Å². The molecule has 0 aromatic carbocycles. The van der Waals surface area contributed by atoms with Crippen LogP contribution >= 0.6 is 0 Å². The second-order valence-corrected chi connectivity index (χ2v) is 5.87. The van der Waals surface area contributed by atoms with E-state index < -0.39 is 5.97 Å². The van der Waals surface area contributed by atoms with Crippen molar-refractivity contribution in [2.45, 2.75) is 70.4 Å². The normalized spacial score (nSPS) is 36.4. The van der Waals surface area contributed by atoms with Gasteiger partial charge in [0.05, 0.1) is 0 Å². The topological polar surface area (TPSA) is 40.5 Å². The van der Waals surface area contributed by atoms with Crippen molar-refractivity contribution >= 4 is 5.97 Å². The maximum absolute atomic E-state index is 11.4. The number of hydrogen-bond acceptors (Lipinski definition) is 2. The molecule has 98 valence electrons. The van der Waals surface area contributed by atoms with Crippen molar-refractivity contribution in [1.82, 2.24) is 4.90 Å². The van der Waals surface area contributed by atoms with Crippen LogP contribution < -0.4 is 0 Å². The van der Waals surface area contributed by atoms with Crippen LogP contribution in [-0.2, 0) is 4.79 Å².